The Morgan fingerprint density at radius 3 is 1.23 bits per heavy atom. The van der Waals surface area contributed by atoms with E-state index in [0.29, 0.717) is 0 Å². The van der Waals surface area contributed by atoms with E-state index in [1.54, 1.807) is 0 Å². The van der Waals surface area contributed by atoms with Crippen LogP contribution in [0.2, 0.25) is 0 Å². The fourth-order valence-corrected chi connectivity index (χ4v) is 7.55. The van der Waals surface area contributed by atoms with E-state index in [4.69, 9.17) is 0 Å². The minimum absolute atomic E-state index is 0. The molecule has 0 saturated heterocycles. The van der Waals surface area contributed by atoms with Gasteiger partial charge in [-0.2, -0.15) is 12.1 Å². The van der Waals surface area contributed by atoms with Crippen LogP contribution in [0.25, 0.3) is 43.8 Å². The molecule has 0 fully saturated rings. The first-order valence-electron chi connectivity index (χ1n) is 17.1. The van der Waals surface area contributed by atoms with Crippen molar-refractivity contribution in [3.63, 3.8) is 0 Å². The quantitative estimate of drug-likeness (QED) is 0.106. The molecule has 6 rings (SSSR count). The molecule has 0 aliphatic rings. The monoisotopic (exact) mass is 800 g/mol. The van der Waals surface area contributed by atoms with Gasteiger partial charge < -0.3 is 14.9 Å². The molecular weight excluding hydrogens is 743 g/mol. The molecule has 0 aliphatic heterocycles. The van der Waals surface area contributed by atoms with E-state index in [9.17, 15) is 0 Å². The molecule has 0 unspecified atom stereocenters. The smallest absolute Gasteiger partial charge is 0.358 e. The SMILES string of the molecule is CCCC(CCC)(c1cc2c(-c3cccc(C(C)(C)C)c3)cccc2[cH-]1)c1cc2c(-c3cccc(C(C)(C)C)c3)cccc2[cH-]1.[CH3-].[CH3-].[Hf+4]. The maximum absolute atomic E-state index is 2.53. The Balaban J connectivity index is 0.00000208. The van der Waals surface area contributed by atoms with Crippen LogP contribution < -0.4 is 0 Å². The fourth-order valence-electron chi connectivity index (χ4n) is 7.55. The van der Waals surface area contributed by atoms with Gasteiger partial charge in [0.25, 0.3) is 0 Å². The summed E-state index contributed by atoms with van der Waals surface area (Å²) in [6.45, 7) is 18.5. The summed E-state index contributed by atoms with van der Waals surface area (Å²) in [5.74, 6) is 0. The molecule has 6 aromatic rings. The maximum Gasteiger partial charge on any atom is 4.00 e. The Labute approximate surface area is 311 Å². The molecule has 0 amide bonds. The van der Waals surface area contributed by atoms with Crippen molar-refractivity contribution in [3.8, 4) is 22.3 Å². The van der Waals surface area contributed by atoms with Gasteiger partial charge in [0.2, 0.25) is 0 Å². The van der Waals surface area contributed by atoms with Gasteiger partial charge in [-0.1, -0.05) is 140 Å². The normalized spacial score (nSPS) is 12.0. The standard InChI is InChI=1S/C45H50.2CH3.Hf/c1-9-23-45(24-10-2,37-27-33-17-13-21-39(41(33)29-37)31-15-11-19-35(25-31)43(3,4)5)38-28-34-18-14-22-40(42(34)30-38)32-16-12-20-36(26-32)44(6,7)8;;;/h11-22,25-30H,9-10,23-24H2,1-8H3;2*1H3;/q-2;2*-1;+4. The third-order valence-electron chi connectivity index (χ3n) is 10.0. The van der Waals surface area contributed by atoms with Gasteiger partial charge in [0.15, 0.2) is 0 Å². The molecule has 0 N–H and O–H groups in total. The summed E-state index contributed by atoms with van der Waals surface area (Å²) < 4.78 is 0. The van der Waals surface area contributed by atoms with Crippen molar-refractivity contribution in [1.29, 1.82) is 0 Å². The number of fused-ring (bicyclic) bond motifs is 2. The molecule has 1 heteroatoms. The van der Waals surface area contributed by atoms with Crippen molar-refractivity contribution >= 4 is 21.5 Å². The summed E-state index contributed by atoms with van der Waals surface area (Å²) in [6, 6.07) is 42.1. The van der Waals surface area contributed by atoms with E-state index >= 15 is 0 Å². The average molecular weight is 799 g/mol. The van der Waals surface area contributed by atoms with Crippen LogP contribution in [0.4, 0.5) is 0 Å². The van der Waals surface area contributed by atoms with Crippen LogP contribution in [0.3, 0.4) is 0 Å². The van der Waals surface area contributed by atoms with Gasteiger partial charge in [-0.25, -0.2) is 0 Å². The zero-order valence-electron chi connectivity index (χ0n) is 31.2. The molecular formula is C47H56Hf. The van der Waals surface area contributed by atoms with Gasteiger partial charge in [-0.15, -0.1) is 69.1 Å². The minimum atomic E-state index is -0.0312. The van der Waals surface area contributed by atoms with E-state index in [1.807, 2.05) is 0 Å². The van der Waals surface area contributed by atoms with Crippen LogP contribution in [-0.2, 0) is 42.1 Å². The Bertz CT molecular complexity index is 1800. The second kappa shape index (κ2) is 15.2. The van der Waals surface area contributed by atoms with Crippen LogP contribution in [0, 0.1) is 14.9 Å². The number of hydrogen-bond acceptors (Lipinski definition) is 0. The molecule has 0 nitrogen and oxygen atoms in total. The Morgan fingerprint density at radius 2 is 0.875 bits per heavy atom. The Kier molecular flexibility index (Phi) is 12.5. The van der Waals surface area contributed by atoms with Crippen molar-refractivity contribution in [2.75, 3.05) is 0 Å². The third-order valence-corrected chi connectivity index (χ3v) is 10.0. The summed E-state index contributed by atoms with van der Waals surface area (Å²) in [6.07, 6.45) is 4.56. The van der Waals surface area contributed by atoms with Gasteiger partial charge in [-0.3, -0.25) is 0 Å². The first-order chi connectivity index (χ1) is 21.4. The molecule has 48 heavy (non-hydrogen) atoms. The number of rotatable bonds is 8. The summed E-state index contributed by atoms with van der Waals surface area (Å²) >= 11 is 0. The Hall–Kier alpha value is -3.03. The van der Waals surface area contributed by atoms with Gasteiger partial charge in [0.05, 0.1) is 0 Å². The second-order valence-corrected chi connectivity index (χ2v) is 15.3. The minimum Gasteiger partial charge on any atom is -0.358 e. The number of hydrogen-bond donors (Lipinski definition) is 0. The van der Waals surface area contributed by atoms with Crippen LogP contribution >= 0.6 is 0 Å². The second-order valence-electron chi connectivity index (χ2n) is 15.3. The fraction of sp³-hybridized carbons (Fsp3) is 0.319. The summed E-state index contributed by atoms with van der Waals surface area (Å²) in [7, 11) is 0. The molecule has 0 atom stereocenters. The molecule has 248 valence electrons. The van der Waals surface area contributed by atoms with Gasteiger partial charge in [0.1, 0.15) is 0 Å². The largest absolute Gasteiger partial charge is 4.00 e. The molecule has 6 aromatic carbocycles. The average Bonchev–Trinajstić information content (AvgIpc) is 3.65. The maximum atomic E-state index is 2.53. The van der Waals surface area contributed by atoms with Crippen LogP contribution in [0.15, 0.2) is 109 Å². The molecule has 0 aromatic heterocycles. The van der Waals surface area contributed by atoms with Crippen molar-refractivity contribution in [2.24, 2.45) is 0 Å². The van der Waals surface area contributed by atoms with Crippen molar-refractivity contribution in [3.05, 3.63) is 146 Å². The summed E-state index contributed by atoms with van der Waals surface area (Å²) in [5.41, 5.74) is 11.2. The molecule has 0 radical (unpaired) electrons. The van der Waals surface area contributed by atoms with Crippen molar-refractivity contribution in [1.82, 2.24) is 0 Å². The molecule has 0 aliphatic carbocycles. The van der Waals surface area contributed by atoms with Gasteiger partial charge in [0, 0.05) is 0 Å². The number of benzene rings is 4. The van der Waals surface area contributed by atoms with Gasteiger partial charge in [-0.05, 0) is 51.3 Å². The molecule has 0 spiro atoms. The van der Waals surface area contributed by atoms with E-state index in [0.717, 1.165) is 25.7 Å². The topological polar surface area (TPSA) is 0 Å². The van der Waals surface area contributed by atoms with Crippen molar-refractivity contribution in [2.45, 2.75) is 97.3 Å². The zero-order chi connectivity index (χ0) is 32.0. The predicted octanol–water partition coefficient (Wildman–Crippen LogP) is 14.1. The van der Waals surface area contributed by atoms with Crippen LogP contribution in [0.1, 0.15) is 103 Å². The molecule has 0 bridgehead atoms. The predicted molar refractivity (Wildman–Crippen MR) is 211 cm³/mol. The van der Waals surface area contributed by atoms with E-state index < -0.39 is 0 Å². The van der Waals surface area contributed by atoms with Crippen LogP contribution in [-0.4, -0.2) is 0 Å². The van der Waals surface area contributed by atoms with Crippen LogP contribution in [0.5, 0.6) is 0 Å². The van der Waals surface area contributed by atoms with Gasteiger partial charge >= 0.3 is 25.8 Å². The van der Waals surface area contributed by atoms with E-state index in [2.05, 4.69) is 165 Å². The van der Waals surface area contributed by atoms with E-state index in [-0.39, 0.29) is 56.9 Å². The first kappa shape index (κ1) is 39.4. The van der Waals surface area contributed by atoms with Crippen molar-refractivity contribution < 1.29 is 25.8 Å². The molecule has 0 heterocycles. The van der Waals surface area contributed by atoms with E-state index in [1.165, 1.54) is 66.1 Å². The Morgan fingerprint density at radius 1 is 0.500 bits per heavy atom. The zero-order valence-corrected chi connectivity index (χ0v) is 34.8. The third kappa shape index (κ3) is 7.42. The first-order valence-corrected chi connectivity index (χ1v) is 17.1. The summed E-state index contributed by atoms with van der Waals surface area (Å²) in [4.78, 5) is 0. The molecule has 0 saturated carbocycles. The summed E-state index contributed by atoms with van der Waals surface area (Å²) in [5, 5.41) is 5.42.